The Labute approximate surface area is 284 Å². The van der Waals surface area contributed by atoms with Crippen LogP contribution < -0.4 is 4.74 Å². The van der Waals surface area contributed by atoms with Gasteiger partial charge in [0.05, 0.1) is 7.11 Å². The molecule has 9 rings (SSSR count). The van der Waals surface area contributed by atoms with Gasteiger partial charge in [-0.1, -0.05) is 115 Å². The van der Waals surface area contributed by atoms with Gasteiger partial charge in [0.25, 0.3) is 0 Å². The molecule has 0 unspecified atom stereocenters. The van der Waals surface area contributed by atoms with Crippen molar-refractivity contribution in [3.8, 4) is 62.2 Å². The van der Waals surface area contributed by atoms with E-state index < -0.39 is 0 Å². The van der Waals surface area contributed by atoms with E-state index in [1.165, 1.54) is 11.1 Å². The van der Waals surface area contributed by atoms with Gasteiger partial charge in [-0.05, 0) is 65.4 Å². The first-order valence-corrected chi connectivity index (χ1v) is 16.5. The first-order chi connectivity index (χ1) is 24.2. The third kappa shape index (κ3) is 5.08. The number of hydrogen-bond acceptors (Lipinski definition) is 5. The van der Waals surface area contributed by atoms with Crippen molar-refractivity contribution in [3.05, 3.63) is 151 Å². The standard InChI is InChI=1S/C44H31N3O2/c1-48-39-27-31-19-9-8-18-30(31)26-37(39)33-21-11-10-20-32(33)34-24-25-36(40-35-22-12-13-23-38(35)49-41(34)40)44-46-42(28-14-4-2-5-15-28)45-43(47-44)29-16-6-3-7-17-29/h2-8,10-18,20-27H,9,19H2,1H3. The van der Waals surface area contributed by atoms with Crippen LogP contribution in [0.25, 0.3) is 84.4 Å². The van der Waals surface area contributed by atoms with Crippen LogP contribution in [-0.2, 0) is 6.42 Å². The van der Waals surface area contributed by atoms with Gasteiger partial charge in [0.15, 0.2) is 17.5 Å². The third-order valence-electron chi connectivity index (χ3n) is 9.31. The highest BCUT2D eigenvalue weighted by Crippen LogP contribution is 2.45. The number of methoxy groups -OCH3 is 1. The maximum absolute atomic E-state index is 6.75. The Morgan fingerprint density at radius 1 is 0.571 bits per heavy atom. The summed E-state index contributed by atoms with van der Waals surface area (Å²) in [6, 6.07) is 45.5. The number of aryl methyl sites for hydroxylation is 1. The van der Waals surface area contributed by atoms with Gasteiger partial charge in [-0.2, -0.15) is 0 Å². The molecular formula is C44H31N3O2. The van der Waals surface area contributed by atoms with Gasteiger partial charge in [0.2, 0.25) is 0 Å². The number of fused-ring (bicyclic) bond motifs is 4. The highest BCUT2D eigenvalue weighted by atomic mass is 16.5. The molecule has 1 aliphatic carbocycles. The molecule has 0 N–H and O–H groups in total. The minimum absolute atomic E-state index is 0.590. The van der Waals surface area contributed by atoms with Crippen molar-refractivity contribution in [1.29, 1.82) is 0 Å². The lowest BCUT2D eigenvalue weighted by Crippen LogP contribution is -2.00. The molecule has 234 valence electrons. The third-order valence-corrected chi connectivity index (χ3v) is 9.31. The number of benzene rings is 6. The summed E-state index contributed by atoms with van der Waals surface area (Å²) in [7, 11) is 1.75. The molecular weight excluding hydrogens is 603 g/mol. The second kappa shape index (κ2) is 12.0. The molecule has 0 spiro atoms. The van der Waals surface area contributed by atoms with Crippen LogP contribution in [0.4, 0.5) is 0 Å². The van der Waals surface area contributed by atoms with Gasteiger partial charge in [0, 0.05) is 38.6 Å². The molecule has 0 radical (unpaired) electrons. The molecule has 0 saturated carbocycles. The summed E-state index contributed by atoms with van der Waals surface area (Å²) < 4.78 is 12.7. The molecule has 2 aromatic heterocycles. The molecule has 0 saturated heterocycles. The summed E-state index contributed by atoms with van der Waals surface area (Å²) in [5.74, 6) is 2.69. The van der Waals surface area contributed by atoms with E-state index in [2.05, 4.69) is 66.7 Å². The summed E-state index contributed by atoms with van der Waals surface area (Å²) in [6.07, 6.45) is 6.52. The fraction of sp³-hybridized carbons (Fsp3) is 0.0682. The fourth-order valence-electron chi connectivity index (χ4n) is 6.95. The Morgan fingerprint density at radius 2 is 1.18 bits per heavy atom. The largest absolute Gasteiger partial charge is 0.496 e. The van der Waals surface area contributed by atoms with E-state index in [0.29, 0.717) is 17.5 Å². The number of furan rings is 1. The van der Waals surface area contributed by atoms with Crippen LogP contribution >= 0.6 is 0 Å². The highest BCUT2D eigenvalue weighted by Gasteiger charge is 2.23. The van der Waals surface area contributed by atoms with E-state index in [9.17, 15) is 0 Å². The predicted octanol–water partition coefficient (Wildman–Crippen LogP) is 11.1. The summed E-state index contributed by atoms with van der Waals surface area (Å²) in [6.45, 7) is 0. The number of rotatable bonds is 6. The second-order valence-corrected chi connectivity index (χ2v) is 12.2. The number of ether oxygens (including phenoxy) is 1. The SMILES string of the molecule is COc1cc2c(cc1-c1ccccc1-c1ccc(-c3nc(-c4ccccc4)nc(-c4ccccc4)n3)c3c1oc1ccccc13)C=CCC2. The molecule has 6 aromatic carbocycles. The molecule has 49 heavy (non-hydrogen) atoms. The quantitative estimate of drug-likeness (QED) is 0.182. The molecule has 0 atom stereocenters. The van der Waals surface area contributed by atoms with E-state index in [-0.39, 0.29) is 0 Å². The first kappa shape index (κ1) is 28.9. The van der Waals surface area contributed by atoms with Crippen molar-refractivity contribution in [2.24, 2.45) is 0 Å². The lowest BCUT2D eigenvalue weighted by atomic mass is 9.88. The van der Waals surface area contributed by atoms with Crippen LogP contribution in [0.5, 0.6) is 5.75 Å². The van der Waals surface area contributed by atoms with Crippen LogP contribution in [0.2, 0.25) is 0 Å². The monoisotopic (exact) mass is 633 g/mol. The minimum atomic E-state index is 0.590. The lowest BCUT2D eigenvalue weighted by Gasteiger charge is -2.18. The van der Waals surface area contributed by atoms with Gasteiger partial charge in [-0.15, -0.1) is 0 Å². The van der Waals surface area contributed by atoms with Crippen LogP contribution in [0.3, 0.4) is 0 Å². The van der Waals surface area contributed by atoms with Crippen LogP contribution in [-0.4, -0.2) is 22.1 Å². The molecule has 1 aliphatic rings. The van der Waals surface area contributed by atoms with E-state index in [1.54, 1.807) is 7.11 Å². The van der Waals surface area contributed by atoms with Crippen molar-refractivity contribution in [3.63, 3.8) is 0 Å². The van der Waals surface area contributed by atoms with Crippen molar-refractivity contribution in [1.82, 2.24) is 15.0 Å². The molecule has 0 aliphatic heterocycles. The van der Waals surface area contributed by atoms with Gasteiger partial charge in [-0.25, -0.2) is 15.0 Å². The number of para-hydroxylation sites is 1. The Bertz CT molecular complexity index is 2480. The van der Waals surface area contributed by atoms with E-state index in [4.69, 9.17) is 24.1 Å². The van der Waals surface area contributed by atoms with Crippen LogP contribution in [0, 0.1) is 0 Å². The molecule has 0 bridgehead atoms. The zero-order valence-electron chi connectivity index (χ0n) is 26.9. The Balaban J connectivity index is 1.30. The fourth-order valence-corrected chi connectivity index (χ4v) is 6.95. The van der Waals surface area contributed by atoms with Crippen molar-refractivity contribution in [2.45, 2.75) is 12.8 Å². The Kier molecular flexibility index (Phi) is 7.09. The zero-order chi connectivity index (χ0) is 32.7. The predicted molar refractivity (Wildman–Crippen MR) is 198 cm³/mol. The average Bonchev–Trinajstić information content (AvgIpc) is 3.57. The van der Waals surface area contributed by atoms with Crippen molar-refractivity contribution in [2.75, 3.05) is 7.11 Å². The number of hydrogen-bond donors (Lipinski definition) is 0. The van der Waals surface area contributed by atoms with Gasteiger partial charge >= 0.3 is 0 Å². The topological polar surface area (TPSA) is 61.0 Å². The normalized spacial score (nSPS) is 12.3. The van der Waals surface area contributed by atoms with E-state index in [1.807, 2.05) is 78.9 Å². The molecule has 5 heteroatoms. The minimum Gasteiger partial charge on any atom is -0.496 e. The lowest BCUT2D eigenvalue weighted by molar-refractivity contribution is 0.416. The number of allylic oxidation sites excluding steroid dienone is 1. The smallest absolute Gasteiger partial charge is 0.164 e. The summed E-state index contributed by atoms with van der Waals surface area (Å²) >= 11 is 0. The average molecular weight is 634 g/mol. The van der Waals surface area contributed by atoms with E-state index >= 15 is 0 Å². The number of aromatic nitrogens is 3. The zero-order valence-corrected chi connectivity index (χ0v) is 26.9. The summed E-state index contributed by atoms with van der Waals surface area (Å²) in [4.78, 5) is 15.1. The molecule has 5 nitrogen and oxygen atoms in total. The second-order valence-electron chi connectivity index (χ2n) is 12.2. The maximum atomic E-state index is 6.75. The van der Waals surface area contributed by atoms with Gasteiger partial charge in [-0.3, -0.25) is 0 Å². The molecule has 8 aromatic rings. The maximum Gasteiger partial charge on any atom is 0.164 e. The van der Waals surface area contributed by atoms with Gasteiger partial charge < -0.3 is 9.15 Å². The van der Waals surface area contributed by atoms with Crippen molar-refractivity contribution < 1.29 is 9.15 Å². The Hall–Kier alpha value is -6.33. The van der Waals surface area contributed by atoms with Crippen LogP contribution in [0.1, 0.15) is 17.5 Å². The highest BCUT2D eigenvalue weighted by molar-refractivity contribution is 6.16. The Morgan fingerprint density at radius 3 is 1.90 bits per heavy atom. The first-order valence-electron chi connectivity index (χ1n) is 16.5. The summed E-state index contributed by atoms with van der Waals surface area (Å²) in [5.41, 5.74) is 11.0. The van der Waals surface area contributed by atoms with Crippen molar-refractivity contribution >= 4 is 28.0 Å². The van der Waals surface area contributed by atoms with Crippen LogP contribution in [0.15, 0.2) is 144 Å². The van der Waals surface area contributed by atoms with E-state index in [0.717, 1.165) is 79.5 Å². The molecule has 2 heterocycles. The number of nitrogens with zero attached hydrogens (tertiary/aromatic N) is 3. The summed E-state index contributed by atoms with van der Waals surface area (Å²) in [5, 5.41) is 1.97. The molecule has 0 amide bonds. The molecule has 0 fully saturated rings. The van der Waals surface area contributed by atoms with Gasteiger partial charge in [0.1, 0.15) is 16.9 Å².